The van der Waals surface area contributed by atoms with Crippen molar-refractivity contribution < 1.29 is 4.52 Å². The SMILES string of the molecule is Cc1ccc(Nc2noc3c2c(=O)n(C)c(=S)n3C)cc1. The molecule has 0 spiro atoms. The highest BCUT2D eigenvalue weighted by atomic mass is 32.1. The maximum atomic E-state index is 12.4. The largest absolute Gasteiger partial charge is 0.337 e. The lowest BCUT2D eigenvalue weighted by atomic mass is 10.2. The van der Waals surface area contributed by atoms with Crippen molar-refractivity contribution in [1.29, 1.82) is 0 Å². The first-order chi connectivity index (χ1) is 9.99. The zero-order chi connectivity index (χ0) is 15.1. The van der Waals surface area contributed by atoms with Crippen LogP contribution in [-0.4, -0.2) is 14.3 Å². The van der Waals surface area contributed by atoms with Crippen molar-refractivity contribution in [3.05, 3.63) is 45.0 Å². The Hall–Kier alpha value is -2.41. The number of nitrogens with zero attached hydrogens (tertiary/aromatic N) is 3. The maximum absolute atomic E-state index is 12.4. The lowest BCUT2D eigenvalue weighted by Gasteiger charge is -2.05. The fourth-order valence-electron chi connectivity index (χ4n) is 2.13. The van der Waals surface area contributed by atoms with E-state index >= 15 is 0 Å². The number of hydrogen-bond donors (Lipinski definition) is 1. The van der Waals surface area contributed by atoms with Crippen LogP contribution in [-0.2, 0) is 14.1 Å². The van der Waals surface area contributed by atoms with Gasteiger partial charge in [0.15, 0.2) is 10.6 Å². The van der Waals surface area contributed by atoms with E-state index in [-0.39, 0.29) is 5.56 Å². The van der Waals surface area contributed by atoms with Crippen molar-refractivity contribution in [3.8, 4) is 0 Å². The molecule has 0 radical (unpaired) electrons. The summed E-state index contributed by atoms with van der Waals surface area (Å²) in [5.74, 6) is 0.389. The van der Waals surface area contributed by atoms with E-state index in [0.29, 0.717) is 21.7 Å². The monoisotopic (exact) mass is 302 g/mol. The molecular formula is C14H14N4O2S. The van der Waals surface area contributed by atoms with E-state index in [1.54, 1.807) is 18.7 Å². The highest BCUT2D eigenvalue weighted by Gasteiger charge is 2.17. The zero-order valence-corrected chi connectivity index (χ0v) is 12.7. The van der Waals surface area contributed by atoms with E-state index in [1.165, 1.54) is 4.57 Å². The quantitative estimate of drug-likeness (QED) is 0.737. The number of nitrogens with one attached hydrogen (secondary N) is 1. The molecule has 0 saturated heterocycles. The summed E-state index contributed by atoms with van der Waals surface area (Å²) in [6, 6.07) is 7.79. The summed E-state index contributed by atoms with van der Waals surface area (Å²) < 4.78 is 8.67. The first kappa shape index (κ1) is 13.6. The Balaban J connectivity index is 2.19. The molecular weight excluding hydrogens is 288 g/mol. The van der Waals surface area contributed by atoms with Crippen LogP contribution in [0.4, 0.5) is 11.5 Å². The lowest BCUT2D eigenvalue weighted by Crippen LogP contribution is -2.21. The number of aryl methyl sites for hydroxylation is 2. The van der Waals surface area contributed by atoms with Gasteiger partial charge >= 0.3 is 0 Å². The van der Waals surface area contributed by atoms with Crippen molar-refractivity contribution in [2.45, 2.75) is 6.92 Å². The topological polar surface area (TPSA) is 65.0 Å². The number of aromatic nitrogens is 3. The van der Waals surface area contributed by atoms with Gasteiger partial charge in [-0.1, -0.05) is 22.9 Å². The summed E-state index contributed by atoms with van der Waals surface area (Å²) in [6.07, 6.45) is 0. The van der Waals surface area contributed by atoms with Gasteiger partial charge in [-0.2, -0.15) is 0 Å². The number of benzene rings is 1. The molecule has 3 aromatic rings. The molecule has 0 aliphatic heterocycles. The van der Waals surface area contributed by atoms with E-state index in [2.05, 4.69) is 10.5 Å². The number of fused-ring (bicyclic) bond motifs is 1. The second-order valence-electron chi connectivity index (χ2n) is 4.91. The third-order valence-corrected chi connectivity index (χ3v) is 3.93. The normalized spacial score (nSPS) is 11.0. The summed E-state index contributed by atoms with van der Waals surface area (Å²) in [5.41, 5.74) is 2.12. The van der Waals surface area contributed by atoms with E-state index in [9.17, 15) is 4.79 Å². The third-order valence-electron chi connectivity index (χ3n) is 3.39. The van der Waals surface area contributed by atoms with Gasteiger partial charge in [0, 0.05) is 19.8 Å². The fourth-order valence-corrected chi connectivity index (χ4v) is 2.29. The Morgan fingerprint density at radius 2 is 1.86 bits per heavy atom. The minimum Gasteiger partial charge on any atom is -0.337 e. The molecule has 2 heterocycles. The van der Waals surface area contributed by atoms with Crippen LogP contribution in [0.2, 0.25) is 0 Å². The van der Waals surface area contributed by atoms with Crippen LogP contribution >= 0.6 is 12.2 Å². The van der Waals surface area contributed by atoms with Crippen molar-refractivity contribution >= 4 is 34.8 Å². The minimum absolute atomic E-state index is 0.232. The van der Waals surface area contributed by atoms with Crippen LogP contribution in [0.5, 0.6) is 0 Å². The molecule has 0 aliphatic rings. The highest BCUT2D eigenvalue weighted by molar-refractivity contribution is 7.71. The predicted octanol–water partition coefficient (Wildman–Crippen LogP) is 2.65. The fraction of sp³-hybridized carbons (Fsp3) is 0.214. The highest BCUT2D eigenvalue weighted by Crippen LogP contribution is 2.23. The smallest absolute Gasteiger partial charge is 0.269 e. The standard InChI is InChI=1S/C14H14N4O2S/c1-8-4-6-9(7-5-8)15-11-10-12(19)17(2)14(21)18(3)13(10)20-16-11/h4-7H,1-3H3,(H,15,16). The van der Waals surface area contributed by atoms with Gasteiger partial charge in [-0.3, -0.25) is 13.9 Å². The number of rotatable bonds is 2. The third kappa shape index (κ3) is 2.15. The van der Waals surface area contributed by atoms with Crippen molar-refractivity contribution in [2.75, 3.05) is 5.32 Å². The van der Waals surface area contributed by atoms with E-state index in [4.69, 9.17) is 16.7 Å². The average molecular weight is 302 g/mol. The molecule has 3 rings (SSSR count). The Morgan fingerprint density at radius 3 is 2.52 bits per heavy atom. The van der Waals surface area contributed by atoms with Crippen molar-refractivity contribution in [1.82, 2.24) is 14.3 Å². The van der Waals surface area contributed by atoms with Crippen LogP contribution in [0.15, 0.2) is 33.6 Å². The van der Waals surface area contributed by atoms with E-state index in [0.717, 1.165) is 11.3 Å². The molecule has 0 fully saturated rings. The molecule has 0 saturated carbocycles. The summed E-state index contributed by atoms with van der Waals surface area (Å²) in [4.78, 5) is 12.4. The first-order valence-corrected chi connectivity index (χ1v) is 6.79. The Morgan fingerprint density at radius 1 is 1.19 bits per heavy atom. The van der Waals surface area contributed by atoms with E-state index < -0.39 is 0 Å². The van der Waals surface area contributed by atoms with Crippen molar-refractivity contribution in [2.24, 2.45) is 14.1 Å². The number of anilines is 2. The molecule has 0 amide bonds. The molecule has 0 bridgehead atoms. The van der Waals surface area contributed by atoms with Gasteiger partial charge in [-0.05, 0) is 31.3 Å². The molecule has 0 unspecified atom stereocenters. The van der Waals surface area contributed by atoms with Gasteiger partial charge in [0.05, 0.1) is 0 Å². The molecule has 6 nitrogen and oxygen atoms in total. The summed E-state index contributed by atoms with van der Waals surface area (Å²) in [5, 5.41) is 7.44. The first-order valence-electron chi connectivity index (χ1n) is 6.38. The molecule has 1 N–H and O–H groups in total. The second kappa shape index (κ2) is 4.85. The van der Waals surface area contributed by atoms with Crippen LogP contribution in [0.25, 0.3) is 11.1 Å². The molecule has 108 valence electrons. The Kier molecular flexibility index (Phi) is 3.13. The van der Waals surface area contributed by atoms with Crippen LogP contribution in [0, 0.1) is 11.7 Å². The van der Waals surface area contributed by atoms with Gasteiger partial charge in [0.25, 0.3) is 5.56 Å². The summed E-state index contributed by atoms with van der Waals surface area (Å²) in [6.45, 7) is 2.01. The van der Waals surface area contributed by atoms with Crippen LogP contribution < -0.4 is 10.9 Å². The summed E-state index contributed by atoms with van der Waals surface area (Å²) >= 11 is 5.18. The Bertz CT molecular complexity index is 934. The predicted molar refractivity (Wildman–Crippen MR) is 83.5 cm³/mol. The van der Waals surface area contributed by atoms with Gasteiger partial charge in [0.2, 0.25) is 5.71 Å². The van der Waals surface area contributed by atoms with Crippen LogP contribution in [0.3, 0.4) is 0 Å². The number of hydrogen-bond acceptors (Lipinski definition) is 5. The van der Waals surface area contributed by atoms with Gasteiger partial charge < -0.3 is 9.84 Å². The zero-order valence-electron chi connectivity index (χ0n) is 11.9. The molecule has 1 aromatic carbocycles. The van der Waals surface area contributed by atoms with Gasteiger partial charge in [-0.15, -0.1) is 0 Å². The molecule has 7 heteroatoms. The van der Waals surface area contributed by atoms with Gasteiger partial charge in [0.1, 0.15) is 5.39 Å². The average Bonchev–Trinajstić information content (AvgIpc) is 2.89. The molecule has 2 aromatic heterocycles. The molecule has 21 heavy (non-hydrogen) atoms. The van der Waals surface area contributed by atoms with Gasteiger partial charge in [-0.25, -0.2) is 0 Å². The second-order valence-corrected chi connectivity index (χ2v) is 5.27. The van der Waals surface area contributed by atoms with E-state index in [1.807, 2.05) is 31.2 Å². The lowest BCUT2D eigenvalue weighted by molar-refractivity contribution is 0.438. The van der Waals surface area contributed by atoms with Crippen molar-refractivity contribution in [3.63, 3.8) is 0 Å². The minimum atomic E-state index is -0.232. The summed E-state index contributed by atoms with van der Waals surface area (Å²) in [7, 11) is 3.37. The molecule has 0 atom stereocenters. The van der Waals surface area contributed by atoms with Crippen LogP contribution in [0.1, 0.15) is 5.56 Å². The Labute approximate surface area is 125 Å². The molecule has 0 aliphatic carbocycles. The maximum Gasteiger partial charge on any atom is 0.269 e.